The summed E-state index contributed by atoms with van der Waals surface area (Å²) in [6.07, 6.45) is 6.98. The zero-order valence-electron chi connectivity index (χ0n) is 17.0. The number of aromatic nitrogens is 1. The van der Waals surface area contributed by atoms with Gasteiger partial charge in [-0.2, -0.15) is 0 Å². The van der Waals surface area contributed by atoms with Gasteiger partial charge < -0.3 is 25.6 Å². The number of pyridine rings is 1. The van der Waals surface area contributed by atoms with Gasteiger partial charge in [0, 0.05) is 57.0 Å². The van der Waals surface area contributed by atoms with Gasteiger partial charge in [-0.05, 0) is 43.7 Å². The van der Waals surface area contributed by atoms with Crippen LogP contribution in [0.5, 0.6) is 0 Å². The van der Waals surface area contributed by atoms with E-state index in [0.717, 1.165) is 25.7 Å². The van der Waals surface area contributed by atoms with Gasteiger partial charge >= 0.3 is 6.03 Å². The lowest BCUT2D eigenvalue weighted by molar-refractivity contribution is -0.133. The van der Waals surface area contributed by atoms with Crippen molar-refractivity contribution in [1.82, 2.24) is 25.8 Å². The van der Waals surface area contributed by atoms with Crippen molar-refractivity contribution in [3.8, 4) is 0 Å². The number of fused-ring (bicyclic) bond motifs is 1. The number of nitrogens with zero attached hydrogens (tertiary/aromatic N) is 2. The number of urea groups is 1. The molecule has 3 aliphatic heterocycles. The number of carbonyl (C=O) groups is 3. The lowest BCUT2D eigenvalue weighted by Gasteiger charge is -2.46. The van der Waals surface area contributed by atoms with Crippen molar-refractivity contribution in [2.24, 2.45) is 11.8 Å². The van der Waals surface area contributed by atoms with Crippen molar-refractivity contribution >= 4 is 17.8 Å². The molecule has 0 saturated carbocycles. The molecule has 9 nitrogen and oxygen atoms in total. The van der Waals surface area contributed by atoms with Crippen LogP contribution in [0.4, 0.5) is 4.79 Å². The van der Waals surface area contributed by atoms with Gasteiger partial charge in [0.2, 0.25) is 5.91 Å². The minimum atomic E-state index is -0.222. The zero-order valence-corrected chi connectivity index (χ0v) is 17.0. The molecule has 0 aliphatic carbocycles. The Bertz CT molecular complexity index is 766. The third-order valence-electron chi connectivity index (χ3n) is 6.35. The fourth-order valence-electron chi connectivity index (χ4n) is 4.77. The van der Waals surface area contributed by atoms with Gasteiger partial charge in [0.25, 0.3) is 5.91 Å². The summed E-state index contributed by atoms with van der Waals surface area (Å²) in [6, 6.07) is 3.33. The highest BCUT2D eigenvalue weighted by Crippen LogP contribution is 2.33. The van der Waals surface area contributed by atoms with E-state index >= 15 is 0 Å². The van der Waals surface area contributed by atoms with E-state index in [1.165, 1.54) is 6.20 Å². The second-order valence-electron chi connectivity index (χ2n) is 8.21. The van der Waals surface area contributed by atoms with Crippen LogP contribution in [0.25, 0.3) is 0 Å². The zero-order chi connectivity index (χ0) is 20.9. The Morgan fingerprint density at radius 3 is 2.83 bits per heavy atom. The summed E-state index contributed by atoms with van der Waals surface area (Å²) in [7, 11) is 0. The molecule has 1 aromatic heterocycles. The summed E-state index contributed by atoms with van der Waals surface area (Å²) >= 11 is 0. The maximum absolute atomic E-state index is 12.5. The van der Waals surface area contributed by atoms with Crippen molar-refractivity contribution < 1.29 is 19.1 Å². The van der Waals surface area contributed by atoms with Crippen molar-refractivity contribution in [3.05, 3.63) is 30.1 Å². The van der Waals surface area contributed by atoms with E-state index in [0.29, 0.717) is 37.7 Å². The average Bonchev–Trinajstić information content (AvgIpc) is 2.79. The molecule has 3 saturated heterocycles. The molecule has 4 amide bonds. The molecule has 3 fully saturated rings. The number of ether oxygens (including phenoxy) is 1. The van der Waals surface area contributed by atoms with E-state index in [1.807, 2.05) is 4.90 Å². The molecule has 4 rings (SSSR count). The Balaban J connectivity index is 1.22. The fourth-order valence-corrected chi connectivity index (χ4v) is 4.77. The highest BCUT2D eigenvalue weighted by atomic mass is 16.5. The smallest absolute Gasteiger partial charge is 0.317 e. The standard InChI is InChI=1S/C21H29N5O4/c27-17(5-9-23-19(28)15-3-1-8-22-13-15)26-10-6-14(7-11-26)18-16-4-2-12-30-20(16)25-21(29)24-18/h1,3,8,13-14,16,18,20H,2,4-7,9-12H2,(H,23,28)(H2,24,25,29)/t16-,18-,20-/m0/s1. The van der Waals surface area contributed by atoms with E-state index in [4.69, 9.17) is 4.74 Å². The lowest BCUT2D eigenvalue weighted by atomic mass is 9.77. The molecular weight excluding hydrogens is 386 g/mol. The van der Waals surface area contributed by atoms with E-state index < -0.39 is 0 Å². The van der Waals surface area contributed by atoms with Crippen LogP contribution in [0, 0.1) is 11.8 Å². The van der Waals surface area contributed by atoms with Gasteiger partial charge in [-0.15, -0.1) is 0 Å². The predicted molar refractivity (Wildman–Crippen MR) is 108 cm³/mol. The number of rotatable bonds is 5. The first kappa shape index (κ1) is 20.6. The highest BCUT2D eigenvalue weighted by Gasteiger charge is 2.43. The van der Waals surface area contributed by atoms with Crippen LogP contribution in [0.15, 0.2) is 24.5 Å². The second kappa shape index (κ2) is 9.42. The van der Waals surface area contributed by atoms with Crippen LogP contribution < -0.4 is 16.0 Å². The monoisotopic (exact) mass is 415 g/mol. The predicted octanol–water partition coefficient (Wildman–Crippen LogP) is 0.874. The third-order valence-corrected chi connectivity index (χ3v) is 6.35. The molecule has 162 valence electrons. The summed E-state index contributed by atoms with van der Waals surface area (Å²) in [5.41, 5.74) is 0.486. The van der Waals surface area contributed by atoms with Crippen LogP contribution in [0.1, 0.15) is 42.5 Å². The number of hydrogen-bond acceptors (Lipinski definition) is 5. The fraction of sp³-hybridized carbons (Fsp3) is 0.619. The van der Waals surface area contributed by atoms with Crippen molar-refractivity contribution in [3.63, 3.8) is 0 Å². The number of likely N-dealkylation sites (tertiary alicyclic amines) is 1. The summed E-state index contributed by atoms with van der Waals surface area (Å²) in [5, 5.41) is 8.76. The van der Waals surface area contributed by atoms with Crippen molar-refractivity contribution in [1.29, 1.82) is 0 Å². The van der Waals surface area contributed by atoms with Crippen LogP contribution in [0.3, 0.4) is 0 Å². The quantitative estimate of drug-likeness (QED) is 0.661. The SMILES string of the molecule is O=C1N[C@H]2OCCC[C@H]2[C@H](C2CCN(C(=O)CCNC(=O)c3cccnc3)CC2)N1. The number of hydrogen-bond donors (Lipinski definition) is 3. The van der Waals surface area contributed by atoms with Gasteiger partial charge in [0.05, 0.1) is 5.56 Å². The number of nitrogens with one attached hydrogen (secondary N) is 3. The van der Waals surface area contributed by atoms with Crippen LogP contribution >= 0.6 is 0 Å². The Labute approximate surface area is 175 Å². The second-order valence-corrected chi connectivity index (χ2v) is 8.21. The molecule has 0 bridgehead atoms. The molecule has 30 heavy (non-hydrogen) atoms. The first-order valence-corrected chi connectivity index (χ1v) is 10.8. The van der Waals surface area contributed by atoms with Crippen molar-refractivity contribution in [2.45, 2.75) is 44.4 Å². The molecule has 9 heteroatoms. The Morgan fingerprint density at radius 1 is 1.23 bits per heavy atom. The normalized spacial score (nSPS) is 26.9. The van der Waals surface area contributed by atoms with Gasteiger partial charge in [0.1, 0.15) is 6.23 Å². The maximum atomic E-state index is 12.5. The van der Waals surface area contributed by atoms with Crippen molar-refractivity contribution in [2.75, 3.05) is 26.2 Å². The molecule has 0 unspecified atom stereocenters. The molecular formula is C21H29N5O4. The molecule has 0 radical (unpaired) electrons. The van der Waals surface area contributed by atoms with Crippen LogP contribution in [-0.2, 0) is 9.53 Å². The molecule has 1 aromatic rings. The number of piperidine rings is 1. The molecule has 3 N–H and O–H groups in total. The van der Waals surface area contributed by atoms with E-state index in [9.17, 15) is 14.4 Å². The number of amides is 4. The Morgan fingerprint density at radius 2 is 2.07 bits per heavy atom. The average molecular weight is 415 g/mol. The number of carbonyl (C=O) groups excluding carboxylic acids is 3. The van der Waals surface area contributed by atoms with E-state index in [1.54, 1.807) is 18.3 Å². The lowest BCUT2D eigenvalue weighted by Crippen LogP contribution is -2.65. The third kappa shape index (κ3) is 4.72. The first-order valence-electron chi connectivity index (χ1n) is 10.8. The Hall–Kier alpha value is -2.68. The molecule has 4 heterocycles. The Kier molecular flexibility index (Phi) is 6.47. The highest BCUT2D eigenvalue weighted by molar-refractivity contribution is 5.94. The summed E-state index contributed by atoms with van der Waals surface area (Å²) in [4.78, 5) is 42.4. The van der Waals surface area contributed by atoms with Gasteiger partial charge in [-0.3, -0.25) is 14.6 Å². The summed E-state index contributed by atoms with van der Waals surface area (Å²) < 4.78 is 5.75. The molecule has 3 aliphatic rings. The van der Waals surface area contributed by atoms with E-state index in [-0.39, 0.29) is 42.5 Å². The van der Waals surface area contributed by atoms with Gasteiger partial charge in [0.15, 0.2) is 0 Å². The van der Waals surface area contributed by atoms with Crippen LogP contribution in [0.2, 0.25) is 0 Å². The van der Waals surface area contributed by atoms with Gasteiger partial charge in [-0.25, -0.2) is 4.79 Å². The largest absolute Gasteiger partial charge is 0.358 e. The maximum Gasteiger partial charge on any atom is 0.317 e. The molecule has 0 aromatic carbocycles. The topological polar surface area (TPSA) is 113 Å². The molecule has 3 atom stereocenters. The summed E-state index contributed by atoms with van der Waals surface area (Å²) in [5.74, 6) is 0.458. The van der Waals surface area contributed by atoms with E-state index in [2.05, 4.69) is 20.9 Å². The van der Waals surface area contributed by atoms with Crippen LogP contribution in [-0.4, -0.2) is 66.2 Å². The molecule has 0 spiro atoms. The summed E-state index contributed by atoms with van der Waals surface area (Å²) in [6.45, 7) is 2.35. The van der Waals surface area contributed by atoms with Gasteiger partial charge in [-0.1, -0.05) is 0 Å². The minimum Gasteiger partial charge on any atom is -0.358 e. The minimum absolute atomic E-state index is 0.0492. The first-order chi connectivity index (χ1) is 14.6.